The fourth-order valence-corrected chi connectivity index (χ4v) is 2.07. The average molecular weight is 231 g/mol. The van der Waals surface area contributed by atoms with Crippen molar-refractivity contribution in [3.05, 3.63) is 0 Å². The molecular weight excluding hydrogens is 202 g/mol. The van der Waals surface area contributed by atoms with Crippen LogP contribution in [0.25, 0.3) is 0 Å². The summed E-state index contributed by atoms with van der Waals surface area (Å²) in [6.45, 7) is 8.06. The van der Waals surface area contributed by atoms with Crippen LogP contribution in [-0.2, 0) is 0 Å². The predicted molar refractivity (Wildman–Crippen MR) is 68.5 cm³/mol. The molecule has 98 valence electrons. The van der Waals surface area contributed by atoms with Crippen LogP contribution in [0.1, 0.15) is 52.9 Å². The predicted octanol–water partition coefficient (Wildman–Crippen LogP) is 1.93. The molecule has 3 nitrogen and oxygen atoms in total. The first-order chi connectivity index (χ1) is 7.64. The monoisotopic (exact) mass is 231 g/mol. The zero-order chi connectivity index (χ0) is 12.4. The van der Waals surface area contributed by atoms with E-state index in [0.29, 0.717) is 6.04 Å². The number of aliphatic hydroxyl groups excluding tert-OH is 2. The zero-order valence-corrected chi connectivity index (χ0v) is 11.1. The van der Waals surface area contributed by atoms with Crippen molar-refractivity contribution < 1.29 is 10.2 Å². The highest BCUT2D eigenvalue weighted by Crippen LogP contribution is 2.29. The first-order valence-corrected chi connectivity index (χ1v) is 6.59. The van der Waals surface area contributed by atoms with Crippen molar-refractivity contribution in [1.29, 1.82) is 0 Å². The van der Waals surface area contributed by atoms with Gasteiger partial charge in [0.1, 0.15) is 0 Å². The number of hydrogen-bond donors (Lipinski definition) is 3. The highest BCUT2D eigenvalue weighted by molar-refractivity contribution is 4.80. The first kappa shape index (κ1) is 15.9. The first-order valence-electron chi connectivity index (χ1n) is 6.59. The summed E-state index contributed by atoms with van der Waals surface area (Å²) in [5.74, 6) is 0. The van der Waals surface area contributed by atoms with Crippen LogP contribution in [0.15, 0.2) is 0 Å². The summed E-state index contributed by atoms with van der Waals surface area (Å²) in [4.78, 5) is 0. The van der Waals surface area contributed by atoms with E-state index in [0.717, 1.165) is 38.6 Å². The Morgan fingerprint density at radius 1 is 1.12 bits per heavy atom. The largest absolute Gasteiger partial charge is 0.396 e. The smallest absolute Gasteiger partial charge is 0.0436 e. The highest BCUT2D eigenvalue weighted by Gasteiger charge is 2.25. The Morgan fingerprint density at radius 2 is 1.75 bits per heavy atom. The third-order valence-corrected chi connectivity index (χ3v) is 3.76. The lowest BCUT2D eigenvalue weighted by Gasteiger charge is -2.33. The second-order valence-corrected chi connectivity index (χ2v) is 4.83. The fraction of sp³-hybridized carbons (Fsp3) is 1.00. The molecular formula is C13H29NO2. The lowest BCUT2D eigenvalue weighted by Crippen LogP contribution is -2.38. The molecule has 0 aliphatic rings. The maximum atomic E-state index is 9.11. The van der Waals surface area contributed by atoms with E-state index in [4.69, 9.17) is 10.2 Å². The molecule has 0 rings (SSSR count). The van der Waals surface area contributed by atoms with E-state index < -0.39 is 0 Å². The molecule has 3 heteroatoms. The van der Waals surface area contributed by atoms with Crippen molar-refractivity contribution in [2.24, 2.45) is 5.41 Å². The van der Waals surface area contributed by atoms with E-state index in [9.17, 15) is 0 Å². The van der Waals surface area contributed by atoms with Gasteiger partial charge in [0.05, 0.1) is 0 Å². The van der Waals surface area contributed by atoms with Gasteiger partial charge in [-0.15, -0.1) is 0 Å². The molecule has 0 aromatic carbocycles. The van der Waals surface area contributed by atoms with E-state index in [1.54, 1.807) is 0 Å². The topological polar surface area (TPSA) is 52.5 Å². The van der Waals surface area contributed by atoms with Gasteiger partial charge in [-0.25, -0.2) is 0 Å². The molecule has 0 aliphatic carbocycles. The van der Waals surface area contributed by atoms with Crippen LogP contribution in [-0.4, -0.2) is 36.0 Å². The van der Waals surface area contributed by atoms with Gasteiger partial charge < -0.3 is 15.5 Å². The molecule has 0 aliphatic heterocycles. The van der Waals surface area contributed by atoms with E-state index in [2.05, 4.69) is 26.1 Å². The molecule has 0 spiro atoms. The SMILES string of the molecule is CCC(CC)(CCO)CNC(C)CCCO. The molecule has 1 unspecified atom stereocenters. The van der Waals surface area contributed by atoms with Crippen LogP contribution in [0.4, 0.5) is 0 Å². The van der Waals surface area contributed by atoms with Gasteiger partial charge in [-0.05, 0) is 44.4 Å². The Balaban J connectivity index is 3.99. The summed E-state index contributed by atoms with van der Waals surface area (Å²) in [7, 11) is 0. The number of hydrogen-bond acceptors (Lipinski definition) is 3. The van der Waals surface area contributed by atoms with Gasteiger partial charge in [0.25, 0.3) is 0 Å². The molecule has 1 atom stereocenters. The maximum absolute atomic E-state index is 9.11. The minimum Gasteiger partial charge on any atom is -0.396 e. The van der Waals surface area contributed by atoms with Gasteiger partial charge in [0, 0.05) is 25.8 Å². The van der Waals surface area contributed by atoms with Crippen molar-refractivity contribution in [1.82, 2.24) is 5.32 Å². The molecule has 0 saturated carbocycles. The van der Waals surface area contributed by atoms with Crippen molar-refractivity contribution in [2.45, 2.75) is 58.9 Å². The van der Waals surface area contributed by atoms with Gasteiger partial charge in [0.15, 0.2) is 0 Å². The Morgan fingerprint density at radius 3 is 2.19 bits per heavy atom. The summed E-state index contributed by atoms with van der Waals surface area (Å²) >= 11 is 0. The molecule has 0 radical (unpaired) electrons. The molecule has 0 bridgehead atoms. The quantitative estimate of drug-likeness (QED) is 0.538. The molecule has 3 N–H and O–H groups in total. The van der Waals surface area contributed by atoms with Gasteiger partial charge in [-0.1, -0.05) is 13.8 Å². The summed E-state index contributed by atoms with van der Waals surface area (Å²) < 4.78 is 0. The summed E-state index contributed by atoms with van der Waals surface area (Å²) in [6.07, 6.45) is 4.95. The number of nitrogens with one attached hydrogen (secondary N) is 1. The normalized spacial score (nSPS) is 14.1. The third kappa shape index (κ3) is 5.83. The summed E-state index contributed by atoms with van der Waals surface area (Å²) in [5, 5.41) is 21.4. The van der Waals surface area contributed by atoms with Crippen LogP contribution >= 0.6 is 0 Å². The number of aliphatic hydroxyl groups is 2. The van der Waals surface area contributed by atoms with Crippen LogP contribution in [0.3, 0.4) is 0 Å². The molecule has 0 aromatic rings. The summed E-state index contributed by atoms with van der Waals surface area (Å²) in [5.41, 5.74) is 0.238. The van der Waals surface area contributed by atoms with Gasteiger partial charge in [-0.2, -0.15) is 0 Å². The van der Waals surface area contributed by atoms with E-state index in [-0.39, 0.29) is 18.6 Å². The molecule has 0 amide bonds. The summed E-state index contributed by atoms with van der Waals surface area (Å²) in [6, 6.07) is 0.448. The minimum atomic E-state index is 0.238. The lowest BCUT2D eigenvalue weighted by atomic mass is 9.79. The second kappa shape index (κ2) is 8.97. The number of rotatable bonds is 10. The van der Waals surface area contributed by atoms with E-state index >= 15 is 0 Å². The van der Waals surface area contributed by atoms with Crippen LogP contribution in [0.2, 0.25) is 0 Å². The molecule has 0 heterocycles. The van der Waals surface area contributed by atoms with Crippen molar-refractivity contribution >= 4 is 0 Å². The fourth-order valence-electron chi connectivity index (χ4n) is 2.07. The van der Waals surface area contributed by atoms with E-state index in [1.807, 2.05) is 0 Å². The minimum absolute atomic E-state index is 0.238. The molecule has 0 fully saturated rings. The molecule has 16 heavy (non-hydrogen) atoms. The Kier molecular flexibility index (Phi) is 8.90. The van der Waals surface area contributed by atoms with Crippen molar-refractivity contribution in [2.75, 3.05) is 19.8 Å². The Hall–Kier alpha value is -0.120. The van der Waals surface area contributed by atoms with E-state index in [1.165, 1.54) is 0 Å². The van der Waals surface area contributed by atoms with Crippen LogP contribution in [0, 0.1) is 5.41 Å². The lowest BCUT2D eigenvalue weighted by molar-refractivity contribution is 0.158. The zero-order valence-electron chi connectivity index (χ0n) is 11.1. The van der Waals surface area contributed by atoms with Crippen LogP contribution < -0.4 is 5.32 Å². The van der Waals surface area contributed by atoms with Crippen molar-refractivity contribution in [3.63, 3.8) is 0 Å². The van der Waals surface area contributed by atoms with Gasteiger partial charge in [0.2, 0.25) is 0 Å². The maximum Gasteiger partial charge on any atom is 0.0436 e. The van der Waals surface area contributed by atoms with Gasteiger partial charge >= 0.3 is 0 Å². The highest BCUT2D eigenvalue weighted by atomic mass is 16.3. The standard InChI is InChI=1S/C13H29NO2/c1-4-13(5-2,8-10-16)11-14-12(3)7-6-9-15/h12,14-16H,4-11H2,1-3H3. The molecule has 0 saturated heterocycles. The molecule has 0 aromatic heterocycles. The third-order valence-electron chi connectivity index (χ3n) is 3.76. The van der Waals surface area contributed by atoms with Crippen molar-refractivity contribution in [3.8, 4) is 0 Å². The second-order valence-electron chi connectivity index (χ2n) is 4.83. The van der Waals surface area contributed by atoms with Crippen LogP contribution in [0.5, 0.6) is 0 Å². The Bertz CT molecular complexity index is 158. The average Bonchev–Trinajstić information content (AvgIpc) is 2.32. The Labute approximate surface area is 100 Å². The van der Waals surface area contributed by atoms with Gasteiger partial charge in [-0.3, -0.25) is 0 Å².